The van der Waals surface area contributed by atoms with Gasteiger partial charge in [0.05, 0.1) is 11.6 Å². The molecule has 0 radical (unpaired) electrons. The molecule has 1 aromatic heterocycles. The van der Waals surface area contributed by atoms with Gasteiger partial charge in [-0.3, -0.25) is 24.0 Å². The third-order valence-corrected chi connectivity index (χ3v) is 9.12. The summed E-state index contributed by atoms with van der Waals surface area (Å²) in [4.78, 5) is 74.4. The van der Waals surface area contributed by atoms with Crippen molar-refractivity contribution in [3.05, 3.63) is 36.0 Å². The zero-order valence-corrected chi connectivity index (χ0v) is 26.6. The summed E-state index contributed by atoms with van der Waals surface area (Å²) in [5, 5.41) is 6.83. The van der Waals surface area contributed by atoms with Crippen molar-refractivity contribution >= 4 is 40.2 Å². The maximum Gasteiger partial charge on any atom is 0.246 e. The average Bonchev–Trinajstić information content (AvgIpc) is 3.38. The molecular formula is C34H48N4O6. The Morgan fingerprint density at radius 2 is 1.80 bits per heavy atom. The summed E-state index contributed by atoms with van der Waals surface area (Å²) in [7, 11) is 1.56. The van der Waals surface area contributed by atoms with Gasteiger partial charge in [0.25, 0.3) is 0 Å². The van der Waals surface area contributed by atoms with Gasteiger partial charge in [-0.1, -0.05) is 51.8 Å². The van der Waals surface area contributed by atoms with Crippen LogP contribution in [0.2, 0.25) is 0 Å². The molecule has 44 heavy (non-hydrogen) atoms. The van der Waals surface area contributed by atoms with Crippen LogP contribution in [-0.2, 0) is 30.4 Å². The summed E-state index contributed by atoms with van der Waals surface area (Å²) in [6, 6.07) is 5.28. The maximum atomic E-state index is 13.9. The number of ketones is 2. The molecule has 0 aliphatic carbocycles. The summed E-state index contributed by atoms with van der Waals surface area (Å²) in [5.74, 6) is -1.76. The van der Waals surface area contributed by atoms with Gasteiger partial charge in [-0.15, -0.1) is 0 Å². The van der Waals surface area contributed by atoms with Crippen LogP contribution in [0.5, 0.6) is 0 Å². The van der Waals surface area contributed by atoms with E-state index in [9.17, 15) is 24.0 Å². The van der Waals surface area contributed by atoms with Gasteiger partial charge in [-0.05, 0) is 49.7 Å². The monoisotopic (exact) mass is 608 g/mol. The minimum absolute atomic E-state index is 0.0117. The third-order valence-electron chi connectivity index (χ3n) is 9.12. The average molecular weight is 609 g/mol. The van der Waals surface area contributed by atoms with Crippen LogP contribution in [-0.4, -0.2) is 70.7 Å². The number of hydrogen-bond donors (Lipinski definition) is 2. The van der Waals surface area contributed by atoms with E-state index in [-0.39, 0.29) is 42.1 Å². The second-order valence-electron chi connectivity index (χ2n) is 12.6. The van der Waals surface area contributed by atoms with Crippen LogP contribution in [0.4, 0.5) is 0 Å². The van der Waals surface area contributed by atoms with Crippen molar-refractivity contribution in [1.82, 2.24) is 20.3 Å². The van der Waals surface area contributed by atoms with E-state index in [4.69, 9.17) is 4.84 Å². The number of piperidine rings is 1. The molecule has 2 saturated heterocycles. The fourth-order valence-electron chi connectivity index (χ4n) is 6.50. The van der Waals surface area contributed by atoms with Crippen LogP contribution in [0.1, 0.15) is 90.5 Å². The zero-order valence-electron chi connectivity index (χ0n) is 26.6. The molecule has 2 fully saturated rings. The Hall–Kier alpha value is -3.69. The van der Waals surface area contributed by atoms with Crippen LogP contribution >= 0.6 is 0 Å². The lowest BCUT2D eigenvalue weighted by molar-refractivity contribution is -0.147. The van der Waals surface area contributed by atoms with Crippen LogP contribution in [0.3, 0.4) is 0 Å². The van der Waals surface area contributed by atoms with E-state index in [1.165, 1.54) is 0 Å². The molecule has 2 aliphatic heterocycles. The van der Waals surface area contributed by atoms with Gasteiger partial charge in [0, 0.05) is 49.7 Å². The molecule has 3 heterocycles. The van der Waals surface area contributed by atoms with E-state index < -0.39 is 30.0 Å². The predicted molar refractivity (Wildman–Crippen MR) is 168 cm³/mol. The summed E-state index contributed by atoms with van der Waals surface area (Å²) < 4.78 is 1.63. The Balaban J connectivity index is 1.65. The van der Waals surface area contributed by atoms with Crippen molar-refractivity contribution < 1.29 is 28.8 Å². The van der Waals surface area contributed by atoms with Gasteiger partial charge in [-0.2, -0.15) is 4.73 Å². The molecule has 2 aliphatic rings. The number of nitrogens with zero attached hydrogens (tertiary/aromatic N) is 2. The normalized spacial score (nSPS) is 23.5. The standard InChI is InChI=1S/C34H48N4O6/c1-5-25(39)14-8-6-7-13-23-20-30(40)29-17-11-12-18-37(29)34(43)31(22(2)3)36-33(42)27(35-32(23)41)19-24-21-38(44-4)28-16-10-9-15-26(24)28/h9-10,15-16,21-23,27,29,31H,5-8,11-14,17-20H2,1-4H3,(H,35,41)(H,36,42)/t23-,27+,29-,31+/m1/s1. The van der Waals surface area contributed by atoms with Crippen LogP contribution in [0.25, 0.3) is 10.9 Å². The Bertz CT molecular complexity index is 1350. The lowest BCUT2D eigenvalue weighted by atomic mass is 9.87. The number of fused-ring (bicyclic) bond motifs is 2. The number of Topliss-reactive ketones (excluding diaryl/α,β-unsaturated/α-hetero) is 2. The maximum absolute atomic E-state index is 13.9. The Kier molecular flexibility index (Phi) is 11.6. The minimum Gasteiger partial charge on any atom is -0.417 e. The van der Waals surface area contributed by atoms with E-state index in [2.05, 4.69) is 10.6 Å². The van der Waals surface area contributed by atoms with Gasteiger partial charge >= 0.3 is 0 Å². The summed E-state index contributed by atoms with van der Waals surface area (Å²) in [5.41, 5.74) is 1.65. The smallest absolute Gasteiger partial charge is 0.246 e. The number of aromatic nitrogens is 1. The van der Waals surface area contributed by atoms with E-state index >= 15 is 0 Å². The van der Waals surface area contributed by atoms with Crippen LogP contribution in [0, 0.1) is 11.8 Å². The topological polar surface area (TPSA) is 127 Å². The minimum atomic E-state index is -0.969. The number of carbonyl (C=O) groups excluding carboxylic acids is 5. The second kappa shape index (κ2) is 15.3. The third kappa shape index (κ3) is 7.87. The molecule has 1 aromatic carbocycles. The molecule has 240 valence electrons. The number of rotatable bonds is 11. The first-order chi connectivity index (χ1) is 21.1. The van der Waals surface area contributed by atoms with E-state index in [0.717, 1.165) is 42.1 Å². The molecule has 2 N–H and O–H groups in total. The highest BCUT2D eigenvalue weighted by Crippen LogP contribution is 2.27. The first-order valence-electron chi connectivity index (χ1n) is 16.2. The van der Waals surface area contributed by atoms with Crippen molar-refractivity contribution in [2.24, 2.45) is 11.8 Å². The number of benzene rings is 1. The summed E-state index contributed by atoms with van der Waals surface area (Å²) in [6.07, 6.45) is 7.87. The number of nitrogens with one attached hydrogen (secondary N) is 2. The number of carbonyl (C=O) groups is 5. The van der Waals surface area contributed by atoms with Crippen LogP contribution < -0.4 is 15.5 Å². The summed E-state index contributed by atoms with van der Waals surface area (Å²) in [6.45, 7) is 6.06. The van der Waals surface area contributed by atoms with Gasteiger partial charge in [0.15, 0.2) is 5.78 Å². The largest absolute Gasteiger partial charge is 0.417 e. The highest BCUT2D eigenvalue weighted by molar-refractivity contribution is 5.98. The number of amides is 3. The van der Waals surface area contributed by atoms with E-state index in [1.807, 2.05) is 51.2 Å². The number of para-hydroxylation sites is 1. The molecule has 2 aromatic rings. The molecule has 3 amide bonds. The van der Waals surface area contributed by atoms with Crippen LogP contribution in [0.15, 0.2) is 30.5 Å². The first-order valence-corrected chi connectivity index (χ1v) is 16.2. The van der Waals surface area contributed by atoms with Gasteiger partial charge in [0.1, 0.15) is 25.0 Å². The molecule has 4 rings (SSSR count). The van der Waals surface area contributed by atoms with Crippen molar-refractivity contribution in [3.8, 4) is 0 Å². The van der Waals surface area contributed by atoms with Crippen molar-refractivity contribution in [2.45, 2.75) is 110 Å². The molecule has 4 atom stereocenters. The van der Waals surface area contributed by atoms with Crippen molar-refractivity contribution in [2.75, 3.05) is 13.7 Å². The summed E-state index contributed by atoms with van der Waals surface area (Å²) >= 11 is 0. The Morgan fingerprint density at radius 1 is 1.02 bits per heavy atom. The molecule has 0 unspecified atom stereocenters. The van der Waals surface area contributed by atoms with Crippen molar-refractivity contribution in [3.63, 3.8) is 0 Å². The van der Waals surface area contributed by atoms with Gasteiger partial charge in [-0.25, -0.2) is 0 Å². The highest BCUT2D eigenvalue weighted by atomic mass is 16.6. The first kappa shape index (κ1) is 33.2. The Labute approximate surface area is 260 Å². The molecular weight excluding hydrogens is 560 g/mol. The molecule has 0 spiro atoms. The number of hydrogen-bond acceptors (Lipinski definition) is 6. The fourth-order valence-corrected chi connectivity index (χ4v) is 6.50. The van der Waals surface area contributed by atoms with E-state index in [0.29, 0.717) is 38.6 Å². The zero-order chi connectivity index (χ0) is 31.8. The van der Waals surface area contributed by atoms with Gasteiger partial charge in [0.2, 0.25) is 17.7 Å². The predicted octanol–water partition coefficient (Wildman–Crippen LogP) is 3.77. The van der Waals surface area contributed by atoms with Crippen molar-refractivity contribution in [1.29, 1.82) is 0 Å². The SMILES string of the molecule is CCC(=O)CCCCC[C@@H]1CC(=O)[C@H]2CCCCN2C(=O)[C@H](C(C)C)NC(=O)[C@H](Cc2cn(OC)c3ccccc23)NC1=O. The second-order valence-corrected chi connectivity index (χ2v) is 12.6. The number of unbranched alkanes of at least 4 members (excludes halogenated alkanes) is 2. The lowest BCUT2D eigenvalue weighted by Crippen LogP contribution is -2.61. The molecule has 10 nitrogen and oxygen atoms in total. The van der Waals surface area contributed by atoms with E-state index in [1.54, 1.807) is 16.7 Å². The molecule has 0 saturated carbocycles. The lowest BCUT2D eigenvalue weighted by Gasteiger charge is -2.39. The fraction of sp³-hybridized carbons (Fsp3) is 0.618. The quantitative estimate of drug-likeness (QED) is 0.374. The highest BCUT2D eigenvalue weighted by Gasteiger charge is 2.40. The Morgan fingerprint density at radius 3 is 2.52 bits per heavy atom. The molecule has 10 heteroatoms. The van der Waals surface area contributed by atoms with Gasteiger partial charge < -0.3 is 20.4 Å². The molecule has 0 bridgehead atoms.